The molecular weight excluding hydrogens is 486 g/mol. The second kappa shape index (κ2) is 11.0. The smallest absolute Gasteiger partial charge is 0.392 e. The first-order chi connectivity index (χ1) is 17.5. The van der Waals surface area contributed by atoms with Crippen LogP contribution < -0.4 is 10.6 Å². The predicted molar refractivity (Wildman–Crippen MR) is 132 cm³/mol. The fourth-order valence-corrected chi connectivity index (χ4v) is 4.36. The Morgan fingerprint density at radius 2 is 1.92 bits per heavy atom. The molecular formula is C28H29F4N3O2. The van der Waals surface area contributed by atoms with Gasteiger partial charge in [-0.1, -0.05) is 18.2 Å². The van der Waals surface area contributed by atoms with E-state index < -0.39 is 23.9 Å². The van der Waals surface area contributed by atoms with Gasteiger partial charge in [0.05, 0.1) is 12.1 Å². The molecule has 0 unspecified atom stereocenters. The number of rotatable bonds is 9. The molecule has 1 amide bonds. The number of hydrogen-bond donors (Lipinski definition) is 3. The average Bonchev–Trinajstić information content (AvgIpc) is 3.68. The zero-order valence-electron chi connectivity index (χ0n) is 20.6. The van der Waals surface area contributed by atoms with Crippen molar-refractivity contribution in [1.82, 2.24) is 15.6 Å². The first-order valence-electron chi connectivity index (χ1n) is 12.1. The van der Waals surface area contributed by atoms with E-state index in [9.17, 15) is 27.5 Å². The van der Waals surface area contributed by atoms with Crippen LogP contribution in [0.3, 0.4) is 0 Å². The Labute approximate surface area is 212 Å². The maximum atomic E-state index is 13.8. The summed E-state index contributed by atoms with van der Waals surface area (Å²) in [6.07, 6.45) is -2.36. The van der Waals surface area contributed by atoms with Crippen molar-refractivity contribution in [2.24, 2.45) is 5.92 Å². The number of carbonyl (C=O) groups excluding carboxylic acids is 1. The van der Waals surface area contributed by atoms with E-state index in [1.165, 1.54) is 24.3 Å². The lowest BCUT2D eigenvalue weighted by molar-refractivity contribution is -0.140. The van der Waals surface area contributed by atoms with Crippen LogP contribution in [0.4, 0.5) is 17.6 Å². The first kappa shape index (κ1) is 26.8. The molecule has 0 aliphatic heterocycles. The van der Waals surface area contributed by atoms with Gasteiger partial charge in [0.1, 0.15) is 5.82 Å². The number of amides is 1. The van der Waals surface area contributed by atoms with Gasteiger partial charge in [-0.2, -0.15) is 13.2 Å². The fraction of sp³-hybridized carbons (Fsp3) is 0.357. The SMILES string of the molecule is Cc1cc([C@@H](NC(=O)c2cc(CNC[C@H](C)O)cc(-c3cccnc3C(F)(F)F)c2)C2CC2)ccc1F. The highest BCUT2D eigenvalue weighted by Gasteiger charge is 2.36. The molecule has 1 aliphatic carbocycles. The van der Waals surface area contributed by atoms with Crippen molar-refractivity contribution in [3.8, 4) is 11.1 Å². The van der Waals surface area contributed by atoms with E-state index in [-0.39, 0.29) is 47.6 Å². The molecule has 0 saturated heterocycles. The maximum absolute atomic E-state index is 13.8. The molecule has 2 aromatic carbocycles. The molecule has 196 valence electrons. The Hall–Kier alpha value is -3.30. The maximum Gasteiger partial charge on any atom is 0.433 e. The summed E-state index contributed by atoms with van der Waals surface area (Å²) in [5, 5.41) is 15.6. The lowest BCUT2D eigenvalue weighted by Crippen LogP contribution is -2.30. The second-order valence-corrected chi connectivity index (χ2v) is 9.59. The lowest BCUT2D eigenvalue weighted by Gasteiger charge is -2.20. The van der Waals surface area contributed by atoms with Gasteiger partial charge in [0.25, 0.3) is 5.91 Å². The van der Waals surface area contributed by atoms with Crippen molar-refractivity contribution < 1.29 is 27.5 Å². The highest BCUT2D eigenvalue weighted by atomic mass is 19.4. The monoisotopic (exact) mass is 515 g/mol. The summed E-state index contributed by atoms with van der Waals surface area (Å²) < 4.78 is 54.9. The summed E-state index contributed by atoms with van der Waals surface area (Å²) in [5.41, 5.74) is 1.09. The lowest BCUT2D eigenvalue weighted by atomic mass is 9.96. The third kappa shape index (κ3) is 6.72. The Kier molecular flexibility index (Phi) is 7.94. The summed E-state index contributed by atoms with van der Waals surface area (Å²) in [6, 6.07) is 11.8. The zero-order chi connectivity index (χ0) is 26.7. The van der Waals surface area contributed by atoms with Crippen molar-refractivity contribution in [3.63, 3.8) is 0 Å². The van der Waals surface area contributed by atoms with Gasteiger partial charge in [0, 0.05) is 30.4 Å². The van der Waals surface area contributed by atoms with Crippen molar-refractivity contribution in [3.05, 3.63) is 88.5 Å². The van der Waals surface area contributed by atoms with Crippen LogP contribution in [0.5, 0.6) is 0 Å². The van der Waals surface area contributed by atoms with Crippen LogP contribution in [0, 0.1) is 18.7 Å². The van der Waals surface area contributed by atoms with Crippen LogP contribution in [-0.4, -0.2) is 28.6 Å². The number of pyridine rings is 1. The number of aryl methyl sites for hydroxylation is 1. The zero-order valence-corrected chi connectivity index (χ0v) is 20.6. The number of nitrogens with zero attached hydrogens (tertiary/aromatic N) is 1. The Bertz CT molecular complexity index is 1270. The van der Waals surface area contributed by atoms with E-state index in [0.717, 1.165) is 24.6 Å². The second-order valence-electron chi connectivity index (χ2n) is 9.59. The molecule has 1 aromatic heterocycles. The van der Waals surface area contributed by atoms with Crippen LogP contribution in [0.25, 0.3) is 11.1 Å². The first-order valence-corrected chi connectivity index (χ1v) is 12.1. The van der Waals surface area contributed by atoms with E-state index >= 15 is 0 Å². The quantitative estimate of drug-likeness (QED) is 0.326. The van der Waals surface area contributed by atoms with E-state index in [0.29, 0.717) is 11.1 Å². The fourth-order valence-electron chi connectivity index (χ4n) is 4.36. The number of aliphatic hydroxyl groups is 1. The van der Waals surface area contributed by atoms with Crippen LogP contribution in [0.2, 0.25) is 0 Å². The van der Waals surface area contributed by atoms with Gasteiger partial charge < -0.3 is 15.7 Å². The summed E-state index contributed by atoms with van der Waals surface area (Å²) >= 11 is 0. The molecule has 0 radical (unpaired) electrons. The van der Waals surface area contributed by atoms with E-state index in [1.54, 1.807) is 38.1 Å². The Morgan fingerprint density at radius 3 is 2.57 bits per heavy atom. The van der Waals surface area contributed by atoms with Crippen molar-refractivity contribution in [1.29, 1.82) is 0 Å². The standard InChI is InChI=1S/C28H29F4N3O2/c1-16-10-20(7-8-24(16)29)25(19-5-6-19)35-27(37)22-12-18(15-33-14-17(2)36)11-21(13-22)23-4-3-9-34-26(23)28(30,31)32/h3-4,7-13,17,19,25,33,36H,5-6,14-15H2,1-2H3,(H,35,37)/t17-,25-/m0/s1. The molecule has 5 nitrogen and oxygen atoms in total. The van der Waals surface area contributed by atoms with E-state index in [4.69, 9.17) is 0 Å². The molecule has 1 heterocycles. The number of carbonyl (C=O) groups is 1. The van der Waals surface area contributed by atoms with Gasteiger partial charge in [0.2, 0.25) is 0 Å². The van der Waals surface area contributed by atoms with Crippen LogP contribution in [0.15, 0.2) is 54.7 Å². The number of halogens is 4. The molecule has 1 saturated carbocycles. The average molecular weight is 516 g/mol. The largest absolute Gasteiger partial charge is 0.433 e. The summed E-state index contributed by atoms with van der Waals surface area (Å²) in [4.78, 5) is 17.0. The molecule has 0 bridgehead atoms. The topological polar surface area (TPSA) is 74.2 Å². The van der Waals surface area contributed by atoms with Crippen LogP contribution >= 0.6 is 0 Å². The van der Waals surface area contributed by atoms with Gasteiger partial charge in [-0.15, -0.1) is 0 Å². The minimum absolute atomic E-state index is 0.130. The normalized spacial score (nSPS) is 15.3. The molecule has 2 atom stereocenters. The van der Waals surface area contributed by atoms with Crippen molar-refractivity contribution in [2.75, 3.05) is 6.54 Å². The molecule has 1 fully saturated rings. The number of aliphatic hydroxyl groups excluding tert-OH is 1. The highest BCUT2D eigenvalue weighted by Crippen LogP contribution is 2.42. The molecule has 37 heavy (non-hydrogen) atoms. The third-order valence-electron chi connectivity index (χ3n) is 6.33. The molecule has 4 rings (SSSR count). The summed E-state index contributed by atoms with van der Waals surface area (Å²) in [6.45, 7) is 3.79. The summed E-state index contributed by atoms with van der Waals surface area (Å²) in [7, 11) is 0. The molecule has 9 heteroatoms. The van der Waals surface area contributed by atoms with E-state index in [1.807, 2.05) is 0 Å². The molecule has 1 aliphatic rings. The third-order valence-corrected chi connectivity index (χ3v) is 6.33. The number of nitrogens with one attached hydrogen (secondary N) is 2. The van der Waals surface area contributed by atoms with Gasteiger partial charge in [-0.05, 0) is 85.2 Å². The Morgan fingerprint density at radius 1 is 1.16 bits per heavy atom. The van der Waals surface area contributed by atoms with Crippen molar-refractivity contribution in [2.45, 2.75) is 51.6 Å². The Balaban J connectivity index is 1.70. The number of aromatic nitrogens is 1. The van der Waals surface area contributed by atoms with E-state index in [2.05, 4.69) is 15.6 Å². The molecule has 3 aromatic rings. The number of alkyl halides is 3. The predicted octanol–water partition coefficient (Wildman–Crippen LogP) is 5.57. The summed E-state index contributed by atoms with van der Waals surface area (Å²) in [5.74, 6) is -0.558. The molecule has 3 N–H and O–H groups in total. The number of benzene rings is 2. The molecule has 0 spiro atoms. The van der Waals surface area contributed by atoms with Gasteiger partial charge in [0.15, 0.2) is 5.69 Å². The minimum atomic E-state index is -4.67. The minimum Gasteiger partial charge on any atom is -0.392 e. The van der Waals surface area contributed by atoms with Crippen LogP contribution in [0.1, 0.15) is 58.5 Å². The van der Waals surface area contributed by atoms with Gasteiger partial charge >= 0.3 is 6.18 Å². The highest BCUT2D eigenvalue weighted by molar-refractivity contribution is 5.96. The van der Waals surface area contributed by atoms with Gasteiger partial charge in [-0.3, -0.25) is 9.78 Å². The van der Waals surface area contributed by atoms with Crippen LogP contribution in [-0.2, 0) is 12.7 Å². The number of hydrogen-bond acceptors (Lipinski definition) is 4. The van der Waals surface area contributed by atoms with Gasteiger partial charge in [-0.25, -0.2) is 4.39 Å². The van der Waals surface area contributed by atoms with Crippen molar-refractivity contribution >= 4 is 5.91 Å².